The fourth-order valence-corrected chi connectivity index (χ4v) is 2.50. The van der Waals surface area contributed by atoms with E-state index in [2.05, 4.69) is 13.8 Å². The number of ether oxygens (including phenoxy) is 4. The van der Waals surface area contributed by atoms with Crippen molar-refractivity contribution < 1.29 is 18.9 Å². The molecule has 0 aromatic carbocycles. The monoisotopic (exact) mass is 274 g/mol. The molecule has 2 unspecified atom stereocenters. The van der Waals surface area contributed by atoms with E-state index in [1.54, 1.807) is 0 Å². The molecule has 1 aliphatic rings. The smallest absolute Gasteiger partial charge is 0.168 e. The van der Waals surface area contributed by atoms with E-state index in [0.29, 0.717) is 25.2 Å². The molecule has 114 valence electrons. The summed E-state index contributed by atoms with van der Waals surface area (Å²) in [6, 6.07) is 0. The molecule has 0 aliphatic carbocycles. The molecule has 0 saturated carbocycles. The van der Waals surface area contributed by atoms with Crippen LogP contribution in [0.25, 0.3) is 0 Å². The highest BCUT2D eigenvalue weighted by atomic mass is 16.7. The van der Waals surface area contributed by atoms with Crippen molar-refractivity contribution in [1.29, 1.82) is 0 Å². The van der Waals surface area contributed by atoms with Gasteiger partial charge in [0.25, 0.3) is 0 Å². The molecule has 1 aliphatic heterocycles. The van der Waals surface area contributed by atoms with Gasteiger partial charge in [-0.1, -0.05) is 6.92 Å². The molecule has 0 N–H and O–H groups in total. The predicted octanol–water partition coefficient (Wildman–Crippen LogP) is 3.00. The molecule has 0 aromatic heterocycles. The molecule has 1 rings (SSSR count). The second-order valence-corrected chi connectivity index (χ2v) is 5.16. The van der Waals surface area contributed by atoms with Crippen molar-refractivity contribution in [2.45, 2.75) is 58.8 Å². The summed E-state index contributed by atoms with van der Waals surface area (Å²) in [5.41, 5.74) is 0. The summed E-state index contributed by atoms with van der Waals surface area (Å²) < 4.78 is 22.4. The fraction of sp³-hybridized carbons (Fsp3) is 1.00. The fourth-order valence-electron chi connectivity index (χ4n) is 2.50. The number of rotatable bonds is 12. The standard InChI is InChI=1S/C15H30O4/c1-5-13(15(4,18-6-2)19-7-3)9-8-10-16-11-14-12-17-14/h13-14H,5-12H2,1-4H3. The Balaban J connectivity index is 2.26. The molecule has 1 saturated heterocycles. The van der Waals surface area contributed by atoms with Crippen LogP contribution in [0.5, 0.6) is 0 Å². The van der Waals surface area contributed by atoms with E-state index in [1.165, 1.54) is 0 Å². The Morgan fingerprint density at radius 3 is 2.32 bits per heavy atom. The van der Waals surface area contributed by atoms with Gasteiger partial charge in [-0.3, -0.25) is 0 Å². The second kappa shape index (κ2) is 8.90. The van der Waals surface area contributed by atoms with Crippen LogP contribution in [0.15, 0.2) is 0 Å². The van der Waals surface area contributed by atoms with Gasteiger partial charge >= 0.3 is 0 Å². The summed E-state index contributed by atoms with van der Waals surface area (Å²) in [4.78, 5) is 0. The number of hydrogen-bond acceptors (Lipinski definition) is 4. The van der Waals surface area contributed by atoms with E-state index < -0.39 is 5.79 Å². The molecule has 19 heavy (non-hydrogen) atoms. The summed E-state index contributed by atoms with van der Waals surface area (Å²) in [5, 5.41) is 0. The molecule has 0 spiro atoms. The van der Waals surface area contributed by atoms with Crippen molar-refractivity contribution in [2.75, 3.05) is 33.0 Å². The van der Waals surface area contributed by atoms with Gasteiger partial charge < -0.3 is 18.9 Å². The zero-order valence-corrected chi connectivity index (χ0v) is 12.9. The van der Waals surface area contributed by atoms with Crippen molar-refractivity contribution in [2.24, 2.45) is 5.92 Å². The third-order valence-corrected chi connectivity index (χ3v) is 3.64. The maximum Gasteiger partial charge on any atom is 0.168 e. The summed E-state index contributed by atoms with van der Waals surface area (Å²) in [5.74, 6) is -0.0501. The quantitative estimate of drug-likeness (QED) is 0.311. The minimum atomic E-state index is -0.460. The highest BCUT2D eigenvalue weighted by Crippen LogP contribution is 2.30. The Labute approximate surface area is 117 Å². The van der Waals surface area contributed by atoms with Gasteiger partial charge in [0, 0.05) is 25.7 Å². The molecular formula is C15H30O4. The second-order valence-electron chi connectivity index (χ2n) is 5.16. The van der Waals surface area contributed by atoms with Gasteiger partial charge in [0.15, 0.2) is 5.79 Å². The predicted molar refractivity (Wildman–Crippen MR) is 75.2 cm³/mol. The van der Waals surface area contributed by atoms with Crippen LogP contribution < -0.4 is 0 Å². The third-order valence-electron chi connectivity index (χ3n) is 3.64. The highest BCUT2D eigenvalue weighted by molar-refractivity contribution is 4.75. The SMILES string of the molecule is CCOC(C)(OCC)C(CC)CCCOCC1CO1. The third kappa shape index (κ3) is 6.21. The van der Waals surface area contributed by atoms with E-state index in [0.717, 1.165) is 39.1 Å². The summed E-state index contributed by atoms with van der Waals surface area (Å²) in [6.07, 6.45) is 3.53. The lowest BCUT2D eigenvalue weighted by Gasteiger charge is -2.36. The van der Waals surface area contributed by atoms with Crippen LogP contribution in [-0.2, 0) is 18.9 Å². The van der Waals surface area contributed by atoms with E-state index in [4.69, 9.17) is 18.9 Å². The Hall–Kier alpha value is -0.160. The van der Waals surface area contributed by atoms with Gasteiger partial charge in [-0.05, 0) is 40.0 Å². The first-order valence-electron chi connectivity index (χ1n) is 7.63. The zero-order valence-electron chi connectivity index (χ0n) is 12.9. The average Bonchev–Trinajstić information content (AvgIpc) is 3.18. The van der Waals surface area contributed by atoms with Gasteiger partial charge in [-0.2, -0.15) is 0 Å². The lowest BCUT2D eigenvalue weighted by atomic mass is 9.91. The van der Waals surface area contributed by atoms with Gasteiger partial charge in [-0.15, -0.1) is 0 Å². The number of hydrogen-bond donors (Lipinski definition) is 0. The molecule has 0 amide bonds. The first kappa shape index (κ1) is 16.9. The summed E-state index contributed by atoms with van der Waals surface area (Å²) >= 11 is 0. The molecule has 4 heteroatoms. The van der Waals surface area contributed by atoms with Crippen molar-refractivity contribution in [3.05, 3.63) is 0 Å². The van der Waals surface area contributed by atoms with Crippen molar-refractivity contribution in [3.63, 3.8) is 0 Å². The van der Waals surface area contributed by atoms with E-state index >= 15 is 0 Å². The molecule has 1 heterocycles. The van der Waals surface area contributed by atoms with E-state index in [9.17, 15) is 0 Å². The largest absolute Gasteiger partial charge is 0.379 e. The Bertz CT molecular complexity index is 222. The summed E-state index contributed by atoms with van der Waals surface area (Å²) in [7, 11) is 0. The zero-order chi connectivity index (χ0) is 14.1. The van der Waals surface area contributed by atoms with Crippen LogP contribution in [0.3, 0.4) is 0 Å². The van der Waals surface area contributed by atoms with Crippen LogP contribution in [0.1, 0.15) is 47.0 Å². The Kier molecular flexibility index (Phi) is 7.91. The molecular weight excluding hydrogens is 244 g/mol. The minimum absolute atomic E-state index is 0.360. The first-order valence-corrected chi connectivity index (χ1v) is 7.63. The van der Waals surface area contributed by atoms with E-state index in [-0.39, 0.29) is 0 Å². The Morgan fingerprint density at radius 2 is 1.84 bits per heavy atom. The van der Waals surface area contributed by atoms with Gasteiger partial charge in [0.2, 0.25) is 0 Å². The molecule has 4 nitrogen and oxygen atoms in total. The molecule has 0 aromatic rings. The van der Waals surface area contributed by atoms with E-state index in [1.807, 2.05) is 13.8 Å². The minimum Gasteiger partial charge on any atom is -0.379 e. The van der Waals surface area contributed by atoms with Gasteiger partial charge in [-0.25, -0.2) is 0 Å². The van der Waals surface area contributed by atoms with Gasteiger partial charge in [0.1, 0.15) is 6.10 Å². The topological polar surface area (TPSA) is 40.2 Å². The van der Waals surface area contributed by atoms with Crippen molar-refractivity contribution in [1.82, 2.24) is 0 Å². The maximum atomic E-state index is 5.85. The van der Waals surface area contributed by atoms with Crippen LogP contribution in [-0.4, -0.2) is 44.9 Å². The van der Waals surface area contributed by atoms with Crippen LogP contribution in [0, 0.1) is 5.92 Å². The van der Waals surface area contributed by atoms with Crippen LogP contribution in [0.4, 0.5) is 0 Å². The Morgan fingerprint density at radius 1 is 1.21 bits per heavy atom. The normalized spacial score (nSPS) is 20.5. The van der Waals surface area contributed by atoms with Crippen LogP contribution in [0.2, 0.25) is 0 Å². The maximum absolute atomic E-state index is 5.85. The molecule has 1 fully saturated rings. The molecule has 0 bridgehead atoms. The van der Waals surface area contributed by atoms with Crippen LogP contribution >= 0.6 is 0 Å². The average molecular weight is 274 g/mol. The lowest BCUT2D eigenvalue weighted by molar-refractivity contribution is -0.253. The van der Waals surface area contributed by atoms with Crippen molar-refractivity contribution in [3.8, 4) is 0 Å². The first-order chi connectivity index (χ1) is 9.16. The number of epoxide rings is 1. The molecule has 0 radical (unpaired) electrons. The van der Waals surface area contributed by atoms with Gasteiger partial charge in [0.05, 0.1) is 13.2 Å². The molecule has 2 atom stereocenters. The van der Waals surface area contributed by atoms with Crippen molar-refractivity contribution >= 4 is 0 Å². The summed E-state index contributed by atoms with van der Waals surface area (Å²) in [6.45, 7) is 12.1. The lowest BCUT2D eigenvalue weighted by Crippen LogP contribution is -2.40. The highest BCUT2D eigenvalue weighted by Gasteiger charge is 2.34.